The number of hydrogen-bond acceptors (Lipinski definition) is 4. The highest BCUT2D eigenvalue weighted by Crippen LogP contribution is 2.34. The summed E-state index contributed by atoms with van der Waals surface area (Å²) < 4.78 is 4.56. The molecule has 0 atom stereocenters. The number of carbonyl (C=O) groups excluding carboxylic acids is 1. The maximum Gasteiger partial charge on any atom is 0.332 e. The number of aryl methyl sites for hydroxylation is 1. The molecule has 112 valence electrons. The number of ketones is 1. The summed E-state index contributed by atoms with van der Waals surface area (Å²) in [5, 5.41) is 0. The van der Waals surface area contributed by atoms with Crippen molar-refractivity contribution >= 4 is 16.9 Å². The first-order chi connectivity index (χ1) is 10.0. The highest BCUT2D eigenvalue weighted by atomic mass is 16.2. The predicted molar refractivity (Wildman–Crippen MR) is 77.5 cm³/mol. The fraction of sp³-hybridized carbons (Fsp3) is 0.571. The average molecular weight is 290 g/mol. The Morgan fingerprint density at radius 1 is 1.38 bits per heavy atom. The number of imidazole rings is 1. The van der Waals surface area contributed by atoms with E-state index in [1.165, 1.54) is 11.5 Å². The number of aromatic nitrogens is 4. The zero-order valence-corrected chi connectivity index (χ0v) is 12.2. The van der Waals surface area contributed by atoms with E-state index in [2.05, 4.69) is 4.98 Å². The Hall–Kier alpha value is -2.18. The Labute approximate surface area is 120 Å². The maximum atomic E-state index is 12.5. The fourth-order valence-electron chi connectivity index (χ4n) is 2.59. The smallest absolute Gasteiger partial charge is 0.324 e. The SMILES string of the molecule is CCn1c(=O)c2c(ncn2CCC(C)=O)n(C2CC2)c1=O. The van der Waals surface area contributed by atoms with Crippen molar-refractivity contribution in [3.63, 3.8) is 0 Å². The van der Waals surface area contributed by atoms with Gasteiger partial charge in [0.2, 0.25) is 0 Å². The van der Waals surface area contributed by atoms with E-state index < -0.39 is 0 Å². The minimum atomic E-state index is -0.324. The van der Waals surface area contributed by atoms with Crippen molar-refractivity contribution in [2.45, 2.75) is 52.2 Å². The van der Waals surface area contributed by atoms with E-state index in [4.69, 9.17) is 0 Å². The lowest BCUT2D eigenvalue weighted by molar-refractivity contribution is -0.117. The molecule has 0 aliphatic heterocycles. The first kappa shape index (κ1) is 13.8. The van der Waals surface area contributed by atoms with Crippen molar-refractivity contribution in [1.82, 2.24) is 18.7 Å². The third-order valence-electron chi connectivity index (χ3n) is 3.86. The van der Waals surface area contributed by atoms with Crippen LogP contribution in [0, 0.1) is 0 Å². The van der Waals surface area contributed by atoms with Crippen molar-refractivity contribution in [3.05, 3.63) is 27.2 Å². The van der Waals surface area contributed by atoms with Crippen molar-refractivity contribution in [3.8, 4) is 0 Å². The highest BCUT2D eigenvalue weighted by Gasteiger charge is 2.29. The number of fused-ring (bicyclic) bond motifs is 1. The summed E-state index contributed by atoms with van der Waals surface area (Å²) in [5.74, 6) is 0.0585. The Balaban J connectivity index is 2.25. The molecule has 0 unspecified atom stereocenters. The second-order valence-electron chi connectivity index (χ2n) is 5.50. The fourth-order valence-corrected chi connectivity index (χ4v) is 2.59. The van der Waals surface area contributed by atoms with Crippen molar-refractivity contribution < 1.29 is 4.79 Å². The summed E-state index contributed by atoms with van der Waals surface area (Å²) in [5.41, 5.74) is 0.259. The number of carbonyl (C=O) groups is 1. The Bertz CT molecular complexity index is 823. The van der Waals surface area contributed by atoms with Crippen LogP contribution in [0.1, 0.15) is 39.2 Å². The van der Waals surface area contributed by atoms with Gasteiger partial charge in [-0.1, -0.05) is 0 Å². The van der Waals surface area contributed by atoms with Gasteiger partial charge in [0.05, 0.1) is 6.33 Å². The van der Waals surface area contributed by atoms with Gasteiger partial charge in [0.25, 0.3) is 5.56 Å². The molecular weight excluding hydrogens is 272 g/mol. The van der Waals surface area contributed by atoms with Crippen LogP contribution < -0.4 is 11.2 Å². The lowest BCUT2D eigenvalue weighted by Gasteiger charge is -2.10. The molecular formula is C14H18N4O3. The lowest BCUT2D eigenvalue weighted by Crippen LogP contribution is -2.40. The first-order valence-electron chi connectivity index (χ1n) is 7.24. The number of rotatable bonds is 5. The van der Waals surface area contributed by atoms with Crippen LogP contribution in [0.3, 0.4) is 0 Å². The third kappa shape index (κ3) is 2.22. The molecule has 2 heterocycles. The van der Waals surface area contributed by atoms with Gasteiger partial charge < -0.3 is 4.57 Å². The second kappa shape index (κ2) is 4.98. The normalized spacial score (nSPS) is 14.8. The first-order valence-corrected chi connectivity index (χ1v) is 7.24. The molecule has 3 rings (SSSR count). The molecule has 0 amide bonds. The minimum absolute atomic E-state index is 0.0585. The summed E-state index contributed by atoms with van der Waals surface area (Å²) in [6.45, 7) is 4.04. The monoisotopic (exact) mass is 290 g/mol. The van der Waals surface area contributed by atoms with Gasteiger partial charge in [-0.3, -0.25) is 18.7 Å². The number of hydrogen-bond donors (Lipinski definition) is 0. The minimum Gasteiger partial charge on any atom is -0.324 e. The second-order valence-corrected chi connectivity index (χ2v) is 5.50. The summed E-state index contributed by atoms with van der Waals surface area (Å²) in [6.07, 6.45) is 3.78. The number of nitrogens with zero attached hydrogens (tertiary/aromatic N) is 4. The van der Waals surface area contributed by atoms with Gasteiger partial charge in [0.15, 0.2) is 11.2 Å². The maximum absolute atomic E-state index is 12.5. The summed E-state index contributed by atoms with van der Waals surface area (Å²) in [7, 11) is 0. The van der Waals surface area contributed by atoms with Crippen LogP contribution in [0.4, 0.5) is 0 Å². The lowest BCUT2D eigenvalue weighted by atomic mass is 10.3. The molecule has 0 saturated heterocycles. The van der Waals surface area contributed by atoms with Gasteiger partial charge in [-0.25, -0.2) is 9.78 Å². The molecule has 7 heteroatoms. The molecule has 1 aliphatic carbocycles. The molecule has 1 fully saturated rings. The van der Waals surface area contributed by atoms with E-state index in [0.29, 0.717) is 30.7 Å². The van der Waals surface area contributed by atoms with Crippen LogP contribution in [0.5, 0.6) is 0 Å². The summed E-state index contributed by atoms with van der Waals surface area (Å²) in [6, 6.07) is 0.148. The Kier molecular flexibility index (Phi) is 3.27. The molecule has 21 heavy (non-hydrogen) atoms. The number of Topliss-reactive ketones (excluding diaryl/α,β-unsaturated/α-hetero) is 1. The van der Waals surface area contributed by atoms with Gasteiger partial charge in [0, 0.05) is 25.6 Å². The van der Waals surface area contributed by atoms with Crippen LogP contribution in [0.25, 0.3) is 11.2 Å². The largest absolute Gasteiger partial charge is 0.332 e. The van der Waals surface area contributed by atoms with Crippen LogP contribution >= 0.6 is 0 Å². The van der Waals surface area contributed by atoms with E-state index in [9.17, 15) is 14.4 Å². The van der Waals surface area contributed by atoms with Gasteiger partial charge in [-0.15, -0.1) is 0 Å². The Morgan fingerprint density at radius 2 is 2.10 bits per heavy atom. The van der Waals surface area contributed by atoms with E-state index in [-0.39, 0.29) is 23.1 Å². The summed E-state index contributed by atoms with van der Waals surface area (Å²) >= 11 is 0. The van der Waals surface area contributed by atoms with Gasteiger partial charge in [-0.05, 0) is 26.7 Å². The molecule has 1 aliphatic rings. The zero-order chi connectivity index (χ0) is 15.1. The van der Waals surface area contributed by atoms with E-state index in [1.807, 2.05) is 0 Å². The molecule has 1 saturated carbocycles. The van der Waals surface area contributed by atoms with Crippen LogP contribution in [0.15, 0.2) is 15.9 Å². The van der Waals surface area contributed by atoms with Crippen molar-refractivity contribution in [2.75, 3.05) is 0 Å². The molecule has 0 radical (unpaired) electrons. The topological polar surface area (TPSA) is 78.9 Å². The van der Waals surface area contributed by atoms with Crippen molar-refractivity contribution in [1.29, 1.82) is 0 Å². The molecule has 0 aromatic carbocycles. The molecule has 0 N–H and O–H groups in total. The quantitative estimate of drug-likeness (QED) is 0.811. The van der Waals surface area contributed by atoms with E-state index in [1.54, 1.807) is 22.4 Å². The standard InChI is InChI=1S/C14H18N4O3/c1-3-17-13(20)11-12(18(14(17)21)10-4-5-10)15-8-16(11)7-6-9(2)19/h8,10H,3-7H2,1-2H3. The van der Waals surface area contributed by atoms with Gasteiger partial charge in [0.1, 0.15) is 5.78 Å². The van der Waals surface area contributed by atoms with Crippen LogP contribution in [-0.2, 0) is 17.9 Å². The van der Waals surface area contributed by atoms with E-state index in [0.717, 1.165) is 12.8 Å². The Morgan fingerprint density at radius 3 is 2.67 bits per heavy atom. The predicted octanol–water partition coefficient (Wildman–Crippen LogP) is 0.694. The molecule has 0 bridgehead atoms. The highest BCUT2D eigenvalue weighted by molar-refractivity contribution is 5.76. The van der Waals surface area contributed by atoms with Crippen LogP contribution in [-0.4, -0.2) is 24.5 Å². The van der Waals surface area contributed by atoms with Gasteiger partial charge in [-0.2, -0.15) is 0 Å². The molecule has 2 aromatic heterocycles. The van der Waals surface area contributed by atoms with Crippen molar-refractivity contribution in [2.24, 2.45) is 0 Å². The summed E-state index contributed by atoms with van der Waals surface area (Å²) in [4.78, 5) is 40.3. The van der Waals surface area contributed by atoms with Gasteiger partial charge >= 0.3 is 5.69 Å². The molecule has 7 nitrogen and oxygen atoms in total. The van der Waals surface area contributed by atoms with Crippen LogP contribution in [0.2, 0.25) is 0 Å². The van der Waals surface area contributed by atoms with E-state index >= 15 is 0 Å². The zero-order valence-electron chi connectivity index (χ0n) is 12.2. The average Bonchev–Trinajstić information content (AvgIpc) is 3.16. The third-order valence-corrected chi connectivity index (χ3v) is 3.86. The molecule has 0 spiro atoms. The molecule has 2 aromatic rings.